The summed E-state index contributed by atoms with van der Waals surface area (Å²) in [7, 11) is 4.00. The van der Waals surface area contributed by atoms with E-state index in [4.69, 9.17) is 14.9 Å². The second-order valence-corrected chi connectivity index (χ2v) is 18.5. The average Bonchev–Trinajstić information content (AvgIpc) is 3.47. The van der Waals surface area contributed by atoms with Gasteiger partial charge in [-0.2, -0.15) is 33.7 Å². The molecule has 0 aliphatic carbocycles. The van der Waals surface area contributed by atoms with Crippen molar-refractivity contribution >= 4 is 47.2 Å². The van der Waals surface area contributed by atoms with E-state index in [2.05, 4.69) is 20.6 Å². The van der Waals surface area contributed by atoms with Crippen LogP contribution in [0, 0.1) is 11.8 Å². The monoisotopic (exact) mass is 800 g/mol. The number of thioether (sulfide) groups is 2. The maximum atomic E-state index is 12.5. The molecule has 0 saturated carbocycles. The zero-order chi connectivity index (χ0) is 39.4. The van der Waals surface area contributed by atoms with Crippen LogP contribution in [0.1, 0.15) is 75.0 Å². The molecule has 2 atom stereocenters. The normalized spacial score (nSPS) is 20.6. The number of hydrogen-bond donors (Lipinski definition) is 2. The summed E-state index contributed by atoms with van der Waals surface area (Å²) in [6.07, 6.45) is 7.48. The highest BCUT2D eigenvalue weighted by Crippen LogP contribution is 2.50. The van der Waals surface area contributed by atoms with E-state index in [-0.39, 0.29) is 12.0 Å². The Morgan fingerprint density at radius 3 is 1.55 bits per heavy atom. The smallest absolute Gasteiger partial charge is 0.410 e. The van der Waals surface area contributed by atoms with Crippen molar-refractivity contribution in [3.8, 4) is 22.8 Å². The molecule has 4 aromatic rings. The molecule has 13 nitrogen and oxygen atoms in total. The van der Waals surface area contributed by atoms with Gasteiger partial charge in [0.15, 0.2) is 0 Å². The largest absolute Gasteiger partial charge is 0.444 e. The first kappa shape index (κ1) is 40.0. The molecule has 0 aromatic carbocycles. The number of piperidine rings is 2. The van der Waals surface area contributed by atoms with Crippen LogP contribution in [0.5, 0.6) is 0 Å². The third kappa shape index (κ3) is 8.98. The maximum Gasteiger partial charge on any atom is 0.410 e. The number of ether oxygens (including phenoxy) is 1. The molecule has 2 N–H and O–H groups in total. The van der Waals surface area contributed by atoms with Crippen LogP contribution in [0.2, 0.25) is 0 Å². The van der Waals surface area contributed by atoms with Gasteiger partial charge < -0.3 is 25.2 Å². The van der Waals surface area contributed by atoms with Crippen LogP contribution in [-0.2, 0) is 23.6 Å². The summed E-state index contributed by atoms with van der Waals surface area (Å²) >= 11 is 4.01. The van der Waals surface area contributed by atoms with Crippen molar-refractivity contribution in [2.75, 3.05) is 61.4 Å². The fourth-order valence-corrected chi connectivity index (χ4v) is 11.1. The lowest BCUT2D eigenvalue weighted by atomic mass is 9.88. The molecule has 2 fully saturated rings. The summed E-state index contributed by atoms with van der Waals surface area (Å²) in [5.74, 6) is 5.57. The number of carbonyl (C=O) groups is 2. The van der Waals surface area contributed by atoms with E-state index >= 15 is 0 Å². The molecular formula is C41H56N10O3S2. The van der Waals surface area contributed by atoms with Crippen molar-refractivity contribution < 1.29 is 14.3 Å². The van der Waals surface area contributed by atoms with Crippen molar-refractivity contribution in [3.63, 3.8) is 0 Å². The SMILES string of the molecule is CC(=O)N1CCC(C2SCCNc3c2c(-c2ccccn2)nn3C)CC1.Cn1nc(-c2ccccn2)c2c1NCCSC2C1CCN(C(=O)OC(C)(C)C)CC1. The molecule has 8 rings (SSSR count). The first-order valence-corrected chi connectivity index (χ1v) is 22.0. The van der Waals surface area contributed by atoms with E-state index in [0.717, 1.165) is 111 Å². The molecule has 56 heavy (non-hydrogen) atoms. The van der Waals surface area contributed by atoms with Crippen LogP contribution in [0.4, 0.5) is 16.4 Å². The van der Waals surface area contributed by atoms with Crippen molar-refractivity contribution in [2.45, 2.75) is 69.5 Å². The number of nitrogens with zero attached hydrogens (tertiary/aromatic N) is 8. The summed E-state index contributed by atoms with van der Waals surface area (Å²) in [6, 6.07) is 12.0. The lowest BCUT2D eigenvalue weighted by Gasteiger charge is -2.36. The van der Waals surface area contributed by atoms with Gasteiger partial charge in [-0.3, -0.25) is 24.1 Å². The Morgan fingerprint density at radius 1 is 0.714 bits per heavy atom. The highest BCUT2D eigenvalue weighted by atomic mass is 32.2. The Kier molecular flexibility index (Phi) is 12.5. The first-order valence-electron chi connectivity index (χ1n) is 19.9. The molecule has 0 spiro atoms. The average molecular weight is 801 g/mol. The van der Waals surface area contributed by atoms with Gasteiger partial charge in [0.2, 0.25) is 5.91 Å². The van der Waals surface area contributed by atoms with Crippen LogP contribution in [0.3, 0.4) is 0 Å². The van der Waals surface area contributed by atoms with E-state index in [0.29, 0.717) is 22.3 Å². The van der Waals surface area contributed by atoms with E-state index in [1.807, 2.05) is 126 Å². The molecule has 2 amide bonds. The number of amides is 2. The predicted octanol–water partition coefficient (Wildman–Crippen LogP) is 7.27. The predicted molar refractivity (Wildman–Crippen MR) is 226 cm³/mol. The second kappa shape index (κ2) is 17.5. The summed E-state index contributed by atoms with van der Waals surface area (Å²) in [4.78, 5) is 37.1. The van der Waals surface area contributed by atoms with E-state index in [1.165, 1.54) is 11.1 Å². The Labute approximate surface area is 339 Å². The van der Waals surface area contributed by atoms with Crippen LogP contribution in [-0.4, -0.2) is 108 Å². The zero-order valence-electron chi connectivity index (χ0n) is 33.5. The number of aromatic nitrogens is 6. The van der Waals surface area contributed by atoms with Gasteiger partial charge in [0.05, 0.1) is 11.4 Å². The first-order chi connectivity index (χ1) is 27.0. The van der Waals surface area contributed by atoms with Crippen molar-refractivity contribution in [3.05, 3.63) is 59.9 Å². The third-order valence-electron chi connectivity index (χ3n) is 11.0. The van der Waals surface area contributed by atoms with Gasteiger partial charge >= 0.3 is 6.09 Å². The van der Waals surface area contributed by atoms with Crippen molar-refractivity contribution in [1.29, 1.82) is 0 Å². The Hall–Kier alpha value is -4.24. The number of pyridine rings is 2. The van der Waals surface area contributed by atoms with Crippen molar-refractivity contribution in [2.24, 2.45) is 25.9 Å². The number of fused-ring (bicyclic) bond motifs is 2. The number of nitrogens with one attached hydrogen (secondary N) is 2. The van der Waals surface area contributed by atoms with E-state index in [1.54, 1.807) is 6.92 Å². The number of rotatable bonds is 4. The van der Waals surface area contributed by atoms with Gasteiger partial charge in [-0.05, 0) is 82.6 Å². The highest BCUT2D eigenvalue weighted by molar-refractivity contribution is 7.99. The van der Waals surface area contributed by atoms with Crippen LogP contribution >= 0.6 is 23.5 Å². The lowest BCUT2D eigenvalue weighted by Crippen LogP contribution is -2.42. The molecule has 8 heterocycles. The Bertz CT molecular complexity index is 1950. The molecule has 15 heteroatoms. The molecule has 300 valence electrons. The lowest BCUT2D eigenvalue weighted by molar-refractivity contribution is -0.130. The van der Waals surface area contributed by atoms with Gasteiger partial charge in [-0.1, -0.05) is 12.1 Å². The van der Waals surface area contributed by atoms with E-state index < -0.39 is 5.60 Å². The number of hydrogen-bond acceptors (Lipinski definition) is 11. The Balaban J connectivity index is 0.000000173. The summed E-state index contributed by atoms with van der Waals surface area (Å²) < 4.78 is 9.48. The van der Waals surface area contributed by atoms with Gasteiger partial charge in [0.1, 0.15) is 28.6 Å². The topological polar surface area (TPSA) is 135 Å². The fraction of sp³-hybridized carbons (Fsp3) is 0.561. The fourth-order valence-electron chi connectivity index (χ4n) is 8.27. The van der Waals surface area contributed by atoms with Crippen LogP contribution in [0.15, 0.2) is 48.8 Å². The van der Waals surface area contributed by atoms with Crippen molar-refractivity contribution in [1.82, 2.24) is 39.3 Å². The quantitative estimate of drug-likeness (QED) is 0.216. The molecule has 4 aliphatic rings. The van der Waals surface area contributed by atoms with Crippen LogP contribution in [0.25, 0.3) is 22.8 Å². The molecule has 0 bridgehead atoms. The summed E-state index contributed by atoms with van der Waals surface area (Å²) in [5.41, 5.74) is 5.89. The molecule has 2 unspecified atom stereocenters. The van der Waals surface area contributed by atoms with Gasteiger partial charge in [0, 0.05) is 106 Å². The summed E-state index contributed by atoms with van der Waals surface area (Å²) in [5, 5.41) is 17.5. The third-order valence-corrected chi connectivity index (χ3v) is 13.8. The van der Waals surface area contributed by atoms with Gasteiger partial charge in [-0.15, -0.1) is 0 Å². The second-order valence-electron chi connectivity index (χ2n) is 16.0. The minimum atomic E-state index is -0.459. The summed E-state index contributed by atoms with van der Waals surface area (Å²) in [6.45, 7) is 12.5. The maximum absolute atomic E-state index is 12.5. The van der Waals surface area contributed by atoms with E-state index in [9.17, 15) is 9.59 Å². The number of anilines is 2. The minimum Gasteiger partial charge on any atom is -0.444 e. The zero-order valence-corrected chi connectivity index (χ0v) is 35.2. The highest BCUT2D eigenvalue weighted by Gasteiger charge is 2.38. The number of aryl methyl sites for hydroxylation is 2. The molecule has 4 aromatic heterocycles. The number of likely N-dealkylation sites (tertiary alicyclic amines) is 2. The standard InChI is InChI=1S/C22H31N5O2S.C19H25N5OS/c1-22(2,3)29-21(28)27-12-8-15(9-13-27)19-17-18(16-7-5-6-10-23-16)25-26(4)20(17)24-11-14-30-19;1-13(25)24-10-6-14(7-11-24)18-16-17(15-5-3-4-8-20-15)22-23(2)19(16)21-9-12-26-18/h5-7,10,15,19,24H,8-9,11-14H2,1-4H3;3-5,8,14,18,21H,6-7,9-12H2,1-2H3. The Morgan fingerprint density at radius 2 is 1.16 bits per heavy atom. The molecule has 4 aliphatic heterocycles. The van der Waals surface area contributed by atoms with Gasteiger partial charge in [-0.25, -0.2) is 4.79 Å². The molecule has 2 saturated heterocycles. The molecular weight excluding hydrogens is 745 g/mol. The number of carbonyl (C=O) groups excluding carboxylic acids is 2. The van der Waals surface area contributed by atoms with Crippen LogP contribution < -0.4 is 10.6 Å². The van der Waals surface area contributed by atoms with Gasteiger partial charge in [0.25, 0.3) is 0 Å². The molecule has 0 radical (unpaired) electrons. The minimum absolute atomic E-state index is 0.190.